The highest BCUT2D eigenvalue weighted by molar-refractivity contribution is 8.13. The topological polar surface area (TPSA) is 20.3 Å². The number of thioether (sulfide) groups is 1. The number of carbonyl (C=O) groups excluding carboxylic acids is 1. The van der Waals surface area contributed by atoms with E-state index < -0.39 is 0 Å². The van der Waals surface area contributed by atoms with E-state index in [-0.39, 0.29) is 10.7 Å². The summed E-state index contributed by atoms with van der Waals surface area (Å²) in [5.41, 5.74) is -0.226. The average molecular weight is 269 g/mol. The minimum absolute atomic E-state index is 0.0561. The first-order valence-electron chi connectivity index (χ1n) is 6.76. The number of nitrogens with zero attached hydrogens (tertiary/aromatic N) is 1. The normalized spacial score (nSPS) is 11.2. The van der Waals surface area contributed by atoms with Gasteiger partial charge in [0.2, 0.25) is 0 Å². The van der Waals surface area contributed by atoms with E-state index >= 15 is 0 Å². The van der Waals surface area contributed by atoms with Crippen LogP contribution in [-0.2, 0) is 4.79 Å². The quantitative estimate of drug-likeness (QED) is 0.520. The standard InChI is InChI=1S/C15H27NOS/c1-6-7-8-9-10-13-16(4)15(2,3)12-11-14(17)18-5/h6-10,13H2,1-5H3. The van der Waals surface area contributed by atoms with Crippen molar-refractivity contribution < 1.29 is 4.79 Å². The van der Waals surface area contributed by atoms with Crippen molar-refractivity contribution in [2.24, 2.45) is 0 Å². The summed E-state index contributed by atoms with van der Waals surface area (Å²) in [6.45, 7) is 7.41. The SMILES string of the molecule is CCCCCCCN(C)C(C)(C)C#CC(=O)SC. The van der Waals surface area contributed by atoms with Crippen LogP contribution in [0.4, 0.5) is 0 Å². The molecule has 0 aliphatic rings. The van der Waals surface area contributed by atoms with Crippen molar-refractivity contribution in [1.29, 1.82) is 0 Å². The molecule has 0 bridgehead atoms. The van der Waals surface area contributed by atoms with Crippen LogP contribution in [0.15, 0.2) is 0 Å². The number of unbranched alkanes of at least 4 members (excludes halogenated alkanes) is 4. The van der Waals surface area contributed by atoms with Gasteiger partial charge in [-0.2, -0.15) is 0 Å². The number of carbonyl (C=O) groups is 1. The Bertz CT molecular complexity index is 301. The third kappa shape index (κ3) is 7.79. The van der Waals surface area contributed by atoms with Crippen LogP contribution in [0.1, 0.15) is 52.9 Å². The van der Waals surface area contributed by atoms with Crippen molar-refractivity contribution in [3.05, 3.63) is 0 Å². The fraction of sp³-hybridized carbons (Fsp3) is 0.800. The van der Waals surface area contributed by atoms with Crippen molar-refractivity contribution in [2.45, 2.75) is 58.4 Å². The molecule has 104 valence electrons. The molecule has 0 aliphatic carbocycles. The maximum atomic E-state index is 11.2. The van der Waals surface area contributed by atoms with Gasteiger partial charge in [0.15, 0.2) is 0 Å². The van der Waals surface area contributed by atoms with Crippen molar-refractivity contribution >= 4 is 16.9 Å². The fourth-order valence-corrected chi connectivity index (χ4v) is 1.74. The maximum Gasteiger partial charge on any atom is 0.262 e. The molecule has 0 saturated carbocycles. The second-order valence-electron chi connectivity index (χ2n) is 5.14. The van der Waals surface area contributed by atoms with E-state index in [4.69, 9.17) is 0 Å². The summed E-state index contributed by atoms with van der Waals surface area (Å²) in [4.78, 5) is 13.4. The maximum absolute atomic E-state index is 11.2. The molecule has 0 aromatic carbocycles. The van der Waals surface area contributed by atoms with Crippen molar-refractivity contribution in [3.63, 3.8) is 0 Å². The number of hydrogen-bond acceptors (Lipinski definition) is 3. The Balaban J connectivity index is 4.08. The van der Waals surface area contributed by atoms with Crippen molar-refractivity contribution in [1.82, 2.24) is 4.90 Å². The highest BCUT2D eigenvalue weighted by atomic mass is 32.2. The third-order valence-corrected chi connectivity index (χ3v) is 3.68. The van der Waals surface area contributed by atoms with E-state index in [9.17, 15) is 4.79 Å². The van der Waals surface area contributed by atoms with Crippen LogP contribution in [-0.4, -0.2) is 35.4 Å². The summed E-state index contributed by atoms with van der Waals surface area (Å²) in [7, 11) is 2.08. The van der Waals surface area contributed by atoms with Gasteiger partial charge in [0, 0.05) is 0 Å². The molecule has 0 rings (SSSR count). The lowest BCUT2D eigenvalue weighted by atomic mass is 10.0. The van der Waals surface area contributed by atoms with E-state index in [1.807, 2.05) is 0 Å². The first kappa shape index (κ1) is 17.5. The molecule has 0 heterocycles. The third-order valence-electron chi connectivity index (χ3n) is 3.21. The van der Waals surface area contributed by atoms with Crippen LogP contribution in [0.5, 0.6) is 0 Å². The Morgan fingerprint density at radius 1 is 1.22 bits per heavy atom. The Morgan fingerprint density at radius 3 is 2.39 bits per heavy atom. The monoisotopic (exact) mass is 269 g/mol. The lowest BCUT2D eigenvalue weighted by Gasteiger charge is -2.30. The van der Waals surface area contributed by atoms with Crippen LogP contribution in [0.25, 0.3) is 0 Å². The summed E-state index contributed by atoms with van der Waals surface area (Å²) in [6, 6.07) is 0. The number of hydrogen-bond donors (Lipinski definition) is 0. The minimum Gasteiger partial charge on any atom is -0.291 e. The van der Waals surface area contributed by atoms with Gasteiger partial charge in [0.1, 0.15) is 0 Å². The molecule has 0 radical (unpaired) electrons. The highest BCUT2D eigenvalue weighted by Gasteiger charge is 2.20. The molecule has 0 aliphatic heterocycles. The van der Waals surface area contributed by atoms with E-state index in [0.717, 1.165) is 6.54 Å². The molecule has 0 saturated heterocycles. The van der Waals surface area contributed by atoms with Gasteiger partial charge in [0.05, 0.1) is 5.54 Å². The molecular weight excluding hydrogens is 242 g/mol. The molecule has 2 nitrogen and oxygen atoms in total. The molecule has 18 heavy (non-hydrogen) atoms. The summed E-state index contributed by atoms with van der Waals surface area (Å²) in [5.74, 6) is 5.76. The van der Waals surface area contributed by atoms with Crippen LogP contribution in [0.3, 0.4) is 0 Å². The zero-order chi connectivity index (χ0) is 14.0. The van der Waals surface area contributed by atoms with Gasteiger partial charge in [-0.15, -0.1) is 0 Å². The minimum atomic E-state index is -0.226. The van der Waals surface area contributed by atoms with Crippen LogP contribution < -0.4 is 0 Å². The lowest BCUT2D eigenvalue weighted by molar-refractivity contribution is -0.106. The Morgan fingerprint density at radius 2 is 1.83 bits per heavy atom. The molecule has 3 heteroatoms. The van der Waals surface area contributed by atoms with E-state index in [1.54, 1.807) is 6.26 Å². The highest BCUT2D eigenvalue weighted by Crippen LogP contribution is 2.13. The van der Waals surface area contributed by atoms with Gasteiger partial charge < -0.3 is 0 Å². The van der Waals surface area contributed by atoms with Crippen molar-refractivity contribution in [2.75, 3.05) is 19.8 Å². The van der Waals surface area contributed by atoms with E-state index in [0.29, 0.717) is 0 Å². The van der Waals surface area contributed by atoms with Gasteiger partial charge in [0.25, 0.3) is 5.12 Å². The van der Waals surface area contributed by atoms with Gasteiger partial charge in [-0.05, 0) is 46.0 Å². The molecule has 0 fully saturated rings. The second kappa shape index (κ2) is 9.47. The molecule has 0 spiro atoms. The summed E-state index contributed by atoms with van der Waals surface area (Å²) in [5, 5.41) is -0.0561. The smallest absolute Gasteiger partial charge is 0.262 e. The lowest BCUT2D eigenvalue weighted by Crippen LogP contribution is -2.40. The number of rotatable bonds is 7. The van der Waals surface area contributed by atoms with Crippen LogP contribution >= 0.6 is 11.8 Å². The Hall–Kier alpha value is -0.460. The largest absolute Gasteiger partial charge is 0.291 e. The van der Waals surface area contributed by atoms with Gasteiger partial charge in [-0.25, -0.2) is 0 Å². The van der Waals surface area contributed by atoms with Gasteiger partial charge in [-0.3, -0.25) is 9.69 Å². The Labute approximate surface area is 117 Å². The molecule has 0 amide bonds. The predicted octanol–water partition coefficient (Wildman–Crippen LogP) is 3.56. The zero-order valence-electron chi connectivity index (χ0n) is 12.5. The molecule has 0 atom stereocenters. The zero-order valence-corrected chi connectivity index (χ0v) is 13.3. The summed E-state index contributed by atoms with van der Waals surface area (Å²) in [6.07, 6.45) is 8.19. The molecule has 0 N–H and O–H groups in total. The van der Waals surface area contributed by atoms with Crippen LogP contribution in [0, 0.1) is 11.8 Å². The fourth-order valence-electron chi connectivity index (χ4n) is 1.58. The van der Waals surface area contributed by atoms with Crippen LogP contribution in [0.2, 0.25) is 0 Å². The second-order valence-corrected chi connectivity index (χ2v) is 5.92. The Kier molecular flexibility index (Phi) is 9.23. The van der Waals surface area contributed by atoms with E-state index in [2.05, 4.69) is 44.6 Å². The average Bonchev–Trinajstić information content (AvgIpc) is 2.35. The molecular formula is C15H27NOS. The first-order chi connectivity index (χ1) is 8.44. The molecule has 0 aromatic rings. The molecule has 0 aromatic heterocycles. The van der Waals surface area contributed by atoms with Gasteiger partial charge in [-0.1, -0.05) is 50.3 Å². The summed E-state index contributed by atoms with van der Waals surface area (Å²) < 4.78 is 0. The molecule has 0 unspecified atom stereocenters. The van der Waals surface area contributed by atoms with E-state index in [1.165, 1.54) is 43.9 Å². The van der Waals surface area contributed by atoms with Gasteiger partial charge >= 0.3 is 0 Å². The van der Waals surface area contributed by atoms with Crippen molar-refractivity contribution in [3.8, 4) is 11.8 Å². The first-order valence-corrected chi connectivity index (χ1v) is 7.99. The summed E-state index contributed by atoms with van der Waals surface area (Å²) >= 11 is 1.17. The predicted molar refractivity (Wildman–Crippen MR) is 81.8 cm³/mol.